The molecule has 0 spiro atoms. The molecule has 2 rings (SSSR count). The lowest BCUT2D eigenvalue weighted by molar-refractivity contribution is -0.143. The summed E-state index contributed by atoms with van der Waals surface area (Å²) in [6, 6.07) is 3.89. The van der Waals surface area contributed by atoms with Crippen LogP contribution in [0.3, 0.4) is 0 Å². The van der Waals surface area contributed by atoms with Gasteiger partial charge in [0.25, 0.3) is 0 Å². The molecule has 3 heteroatoms. The van der Waals surface area contributed by atoms with Crippen LogP contribution in [0.2, 0.25) is 0 Å². The van der Waals surface area contributed by atoms with Crippen LogP contribution < -0.4 is 5.73 Å². The molecule has 0 saturated heterocycles. The van der Waals surface area contributed by atoms with Crippen molar-refractivity contribution in [3.05, 3.63) is 28.8 Å². The third-order valence-electron chi connectivity index (χ3n) is 4.01. The number of anilines is 1. The Kier molecular flexibility index (Phi) is 2.86. The molecule has 0 aliphatic heterocycles. The van der Waals surface area contributed by atoms with E-state index in [1.165, 1.54) is 0 Å². The zero-order chi connectivity index (χ0) is 12.6. The summed E-state index contributed by atoms with van der Waals surface area (Å²) in [4.78, 5) is 11.6. The van der Waals surface area contributed by atoms with Crippen molar-refractivity contribution in [2.24, 2.45) is 0 Å². The number of carboxylic acid groups (broad SMARTS) is 1. The highest BCUT2D eigenvalue weighted by Crippen LogP contribution is 2.42. The molecule has 1 saturated carbocycles. The summed E-state index contributed by atoms with van der Waals surface area (Å²) in [6.07, 6.45) is 3.47. The number of carboxylic acids is 1. The maximum atomic E-state index is 11.6. The van der Waals surface area contributed by atoms with Gasteiger partial charge in [0.2, 0.25) is 0 Å². The summed E-state index contributed by atoms with van der Waals surface area (Å²) in [6.45, 7) is 3.88. The molecule has 0 amide bonds. The number of hydrogen-bond donors (Lipinski definition) is 2. The van der Waals surface area contributed by atoms with Gasteiger partial charge in [-0.3, -0.25) is 4.79 Å². The second-order valence-corrected chi connectivity index (χ2v) is 5.12. The zero-order valence-electron chi connectivity index (χ0n) is 10.4. The number of benzene rings is 1. The molecule has 1 fully saturated rings. The standard InChI is InChI=1S/C14H19NO2/c1-9-7-11(8-10(2)12(9)15)14(13(16)17)5-3-4-6-14/h7-8H,3-6,15H2,1-2H3,(H,16,17). The van der Waals surface area contributed by atoms with Gasteiger partial charge in [0, 0.05) is 5.69 Å². The molecule has 0 heterocycles. The summed E-state index contributed by atoms with van der Waals surface area (Å²) in [5.74, 6) is -0.696. The van der Waals surface area contributed by atoms with E-state index in [2.05, 4.69) is 0 Å². The van der Waals surface area contributed by atoms with Gasteiger partial charge in [0.1, 0.15) is 0 Å². The largest absolute Gasteiger partial charge is 0.481 e. The first-order valence-corrected chi connectivity index (χ1v) is 6.08. The highest BCUT2D eigenvalue weighted by atomic mass is 16.4. The van der Waals surface area contributed by atoms with Crippen molar-refractivity contribution in [2.45, 2.75) is 44.9 Å². The normalized spacial score (nSPS) is 18.2. The van der Waals surface area contributed by atoms with Gasteiger partial charge in [0.05, 0.1) is 5.41 Å². The molecular formula is C14H19NO2. The summed E-state index contributed by atoms with van der Waals surface area (Å²) in [5.41, 5.74) is 8.90. The van der Waals surface area contributed by atoms with E-state index in [-0.39, 0.29) is 0 Å². The van der Waals surface area contributed by atoms with E-state index in [0.29, 0.717) is 0 Å². The lowest BCUT2D eigenvalue weighted by atomic mass is 9.77. The Balaban J connectivity index is 2.55. The number of nitrogens with two attached hydrogens (primary N) is 1. The fraction of sp³-hybridized carbons (Fsp3) is 0.500. The number of aliphatic carboxylic acids is 1. The van der Waals surface area contributed by atoms with Crippen LogP contribution in [0.4, 0.5) is 5.69 Å². The Morgan fingerprint density at radius 1 is 1.24 bits per heavy atom. The molecule has 1 aliphatic rings. The third kappa shape index (κ3) is 1.79. The lowest BCUT2D eigenvalue weighted by Gasteiger charge is -2.25. The summed E-state index contributed by atoms with van der Waals surface area (Å²) in [7, 11) is 0. The second kappa shape index (κ2) is 4.06. The number of hydrogen-bond acceptors (Lipinski definition) is 2. The molecule has 3 nitrogen and oxygen atoms in total. The van der Waals surface area contributed by atoms with Gasteiger partial charge >= 0.3 is 5.97 Å². The van der Waals surface area contributed by atoms with Gasteiger partial charge in [-0.2, -0.15) is 0 Å². The highest BCUT2D eigenvalue weighted by molar-refractivity contribution is 5.82. The van der Waals surface area contributed by atoms with E-state index in [0.717, 1.165) is 48.1 Å². The van der Waals surface area contributed by atoms with E-state index in [4.69, 9.17) is 5.73 Å². The highest BCUT2D eigenvalue weighted by Gasteiger charge is 2.43. The lowest BCUT2D eigenvalue weighted by Crippen LogP contribution is -2.32. The Morgan fingerprint density at radius 3 is 2.12 bits per heavy atom. The van der Waals surface area contributed by atoms with Gasteiger partial charge < -0.3 is 10.8 Å². The van der Waals surface area contributed by atoms with Gasteiger partial charge in [-0.25, -0.2) is 0 Å². The average Bonchev–Trinajstić information content (AvgIpc) is 2.75. The Bertz CT molecular complexity index is 436. The summed E-state index contributed by atoms with van der Waals surface area (Å²) >= 11 is 0. The molecule has 0 bridgehead atoms. The maximum absolute atomic E-state index is 11.6. The van der Waals surface area contributed by atoms with Gasteiger partial charge in [-0.1, -0.05) is 25.0 Å². The quantitative estimate of drug-likeness (QED) is 0.772. The number of nitrogen functional groups attached to an aromatic ring is 1. The maximum Gasteiger partial charge on any atom is 0.314 e. The topological polar surface area (TPSA) is 63.3 Å². The van der Waals surface area contributed by atoms with Gasteiger partial charge in [-0.05, 0) is 43.4 Å². The fourth-order valence-corrected chi connectivity index (χ4v) is 2.86. The summed E-state index contributed by atoms with van der Waals surface area (Å²) in [5, 5.41) is 9.54. The van der Waals surface area contributed by atoms with Crippen LogP contribution in [0.5, 0.6) is 0 Å². The molecular weight excluding hydrogens is 214 g/mol. The SMILES string of the molecule is Cc1cc(C2(C(=O)O)CCCC2)cc(C)c1N. The molecule has 0 unspecified atom stereocenters. The summed E-state index contributed by atoms with van der Waals surface area (Å²) < 4.78 is 0. The Morgan fingerprint density at radius 2 is 1.71 bits per heavy atom. The minimum atomic E-state index is -0.696. The molecule has 1 aliphatic carbocycles. The van der Waals surface area contributed by atoms with Crippen molar-refractivity contribution < 1.29 is 9.90 Å². The molecule has 0 atom stereocenters. The first-order chi connectivity index (χ1) is 7.97. The van der Waals surface area contributed by atoms with E-state index < -0.39 is 11.4 Å². The number of aryl methyl sites for hydroxylation is 2. The van der Waals surface area contributed by atoms with Crippen molar-refractivity contribution in [2.75, 3.05) is 5.73 Å². The van der Waals surface area contributed by atoms with Crippen molar-refractivity contribution >= 4 is 11.7 Å². The third-order valence-corrected chi connectivity index (χ3v) is 4.01. The van der Waals surface area contributed by atoms with E-state index in [1.54, 1.807) is 0 Å². The van der Waals surface area contributed by atoms with Crippen molar-refractivity contribution in [3.8, 4) is 0 Å². The monoisotopic (exact) mass is 233 g/mol. The minimum Gasteiger partial charge on any atom is -0.481 e. The van der Waals surface area contributed by atoms with Crippen LogP contribution in [0.25, 0.3) is 0 Å². The average molecular weight is 233 g/mol. The van der Waals surface area contributed by atoms with Crippen molar-refractivity contribution in [3.63, 3.8) is 0 Å². The number of rotatable bonds is 2. The second-order valence-electron chi connectivity index (χ2n) is 5.12. The molecule has 17 heavy (non-hydrogen) atoms. The van der Waals surface area contributed by atoms with Crippen molar-refractivity contribution in [1.29, 1.82) is 0 Å². The first-order valence-electron chi connectivity index (χ1n) is 6.08. The van der Waals surface area contributed by atoms with Crippen molar-refractivity contribution in [1.82, 2.24) is 0 Å². The molecule has 3 N–H and O–H groups in total. The van der Waals surface area contributed by atoms with E-state index in [1.807, 2.05) is 26.0 Å². The van der Waals surface area contributed by atoms with Crippen LogP contribution in [0, 0.1) is 13.8 Å². The predicted molar refractivity (Wildman–Crippen MR) is 68.1 cm³/mol. The van der Waals surface area contributed by atoms with Crippen LogP contribution in [0.15, 0.2) is 12.1 Å². The Hall–Kier alpha value is -1.51. The van der Waals surface area contributed by atoms with Crippen LogP contribution in [-0.2, 0) is 10.2 Å². The molecule has 92 valence electrons. The minimum absolute atomic E-state index is 0.677. The molecule has 0 aromatic heterocycles. The van der Waals surface area contributed by atoms with Crippen LogP contribution in [-0.4, -0.2) is 11.1 Å². The smallest absolute Gasteiger partial charge is 0.314 e. The molecule has 1 aromatic carbocycles. The number of carbonyl (C=O) groups is 1. The van der Waals surface area contributed by atoms with Crippen LogP contribution >= 0.6 is 0 Å². The first kappa shape index (κ1) is 12.0. The van der Waals surface area contributed by atoms with Gasteiger partial charge in [-0.15, -0.1) is 0 Å². The van der Waals surface area contributed by atoms with Gasteiger partial charge in [0.15, 0.2) is 0 Å². The van der Waals surface area contributed by atoms with E-state index >= 15 is 0 Å². The molecule has 0 radical (unpaired) electrons. The fourth-order valence-electron chi connectivity index (χ4n) is 2.86. The van der Waals surface area contributed by atoms with Crippen LogP contribution in [0.1, 0.15) is 42.4 Å². The predicted octanol–water partition coefficient (Wildman–Crippen LogP) is 2.78. The molecule has 1 aromatic rings. The Labute approximate surface area is 102 Å². The van der Waals surface area contributed by atoms with E-state index in [9.17, 15) is 9.90 Å². The zero-order valence-corrected chi connectivity index (χ0v) is 10.4.